The van der Waals surface area contributed by atoms with Crippen molar-refractivity contribution in [1.29, 1.82) is 0 Å². The van der Waals surface area contributed by atoms with Crippen LogP contribution in [-0.2, 0) is 7.05 Å². The highest BCUT2D eigenvalue weighted by molar-refractivity contribution is 5.93. The predicted molar refractivity (Wildman–Crippen MR) is 144 cm³/mol. The monoisotopic (exact) mass is 497 g/mol. The maximum Gasteiger partial charge on any atom is 0.320 e. The van der Waals surface area contributed by atoms with E-state index in [1.807, 2.05) is 35.0 Å². The van der Waals surface area contributed by atoms with Gasteiger partial charge in [0, 0.05) is 57.2 Å². The molecule has 0 saturated carbocycles. The molecule has 0 radical (unpaired) electrons. The Kier molecular flexibility index (Phi) is 5.35. The Bertz CT molecular complexity index is 1520. The van der Waals surface area contributed by atoms with Crippen molar-refractivity contribution in [2.75, 3.05) is 44.6 Å². The van der Waals surface area contributed by atoms with Crippen LogP contribution in [0.25, 0.3) is 27.6 Å². The average Bonchev–Trinajstić information content (AvgIpc) is 3.67. The third kappa shape index (κ3) is 4.01. The van der Waals surface area contributed by atoms with Gasteiger partial charge in [-0.25, -0.2) is 19.7 Å². The fraction of sp³-hybridized carbons (Fsp3) is 0.407. The molecule has 1 atom stereocenters. The summed E-state index contributed by atoms with van der Waals surface area (Å²) in [6.07, 6.45) is 8.86. The molecule has 10 nitrogen and oxygen atoms in total. The SMILES string of the molecule is Cn1cnc2ccc(Nc3ncnc4[nH]c(C5=CCN(C(=O)N6CCN7CCCC7C6)CC5)cc34)cc21. The van der Waals surface area contributed by atoms with E-state index < -0.39 is 0 Å². The lowest BCUT2D eigenvalue weighted by molar-refractivity contribution is 0.0975. The number of nitrogens with one attached hydrogen (secondary N) is 2. The number of fused-ring (bicyclic) bond motifs is 3. The first kappa shape index (κ1) is 22.3. The van der Waals surface area contributed by atoms with Crippen LogP contribution >= 0.6 is 0 Å². The quantitative estimate of drug-likeness (QED) is 0.449. The number of rotatable bonds is 3. The number of urea groups is 1. The van der Waals surface area contributed by atoms with Gasteiger partial charge in [-0.05, 0) is 55.6 Å². The Balaban J connectivity index is 1.08. The van der Waals surface area contributed by atoms with Gasteiger partial charge in [-0.3, -0.25) is 4.90 Å². The highest BCUT2D eigenvalue weighted by Crippen LogP contribution is 2.30. The molecule has 3 aromatic heterocycles. The van der Waals surface area contributed by atoms with Gasteiger partial charge in [0.05, 0.1) is 22.7 Å². The molecule has 0 aliphatic carbocycles. The van der Waals surface area contributed by atoms with Crippen molar-refractivity contribution in [2.24, 2.45) is 7.05 Å². The van der Waals surface area contributed by atoms with Crippen molar-refractivity contribution in [3.05, 3.63) is 48.7 Å². The number of carbonyl (C=O) groups is 1. The van der Waals surface area contributed by atoms with E-state index in [1.165, 1.54) is 25.0 Å². The van der Waals surface area contributed by atoms with Crippen LogP contribution in [0.2, 0.25) is 0 Å². The van der Waals surface area contributed by atoms with Gasteiger partial charge < -0.3 is 24.7 Å². The van der Waals surface area contributed by atoms with E-state index in [-0.39, 0.29) is 6.03 Å². The number of aromatic nitrogens is 5. The van der Waals surface area contributed by atoms with Crippen molar-refractivity contribution in [3.8, 4) is 0 Å². The zero-order valence-corrected chi connectivity index (χ0v) is 21.0. The molecule has 1 aromatic carbocycles. The Hall–Kier alpha value is -3.92. The minimum atomic E-state index is 0.182. The second kappa shape index (κ2) is 8.88. The number of H-pyrrole nitrogens is 1. The van der Waals surface area contributed by atoms with E-state index in [0.29, 0.717) is 12.6 Å². The summed E-state index contributed by atoms with van der Waals surface area (Å²) < 4.78 is 2.00. The summed E-state index contributed by atoms with van der Waals surface area (Å²) in [5.74, 6) is 0.758. The fourth-order valence-electron chi connectivity index (χ4n) is 6.01. The van der Waals surface area contributed by atoms with Gasteiger partial charge in [-0.2, -0.15) is 0 Å². The topological polar surface area (TPSA) is 98.2 Å². The molecule has 1 unspecified atom stereocenters. The van der Waals surface area contributed by atoms with Crippen LogP contribution in [0.3, 0.4) is 0 Å². The standard InChI is InChI=1S/C27H31N9O/c1-33-17-30-22-5-4-19(13-24(22)33)31-25-21-14-23(32-26(21)29-16-28-25)18-6-9-35(10-7-18)27(37)36-12-11-34-8-2-3-20(34)15-36/h4-6,13-14,16-17,20H,2-3,7-12,15H2,1H3,(H2,28,29,31,32). The van der Waals surface area contributed by atoms with E-state index >= 15 is 0 Å². The highest BCUT2D eigenvalue weighted by Gasteiger charge is 2.34. The van der Waals surface area contributed by atoms with Gasteiger partial charge in [-0.15, -0.1) is 0 Å². The Morgan fingerprint density at radius 3 is 2.92 bits per heavy atom. The van der Waals surface area contributed by atoms with E-state index in [9.17, 15) is 4.79 Å². The summed E-state index contributed by atoms with van der Waals surface area (Å²) >= 11 is 0. The van der Waals surface area contributed by atoms with E-state index in [2.05, 4.69) is 53.3 Å². The van der Waals surface area contributed by atoms with Gasteiger partial charge >= 0.3 is 6.03 Å². The van der Waals surface area contributed by atoms with Crippen LogP contribution < -0.4 is 5.32 Å². The molecule has 190 valence electrons. The molecule has 2 fully saturated rings. The number of imidazole rings is 1. The smallest absolute Gasteiger partial charge is 0.320 e. The first-order chi connectivity index (χ1) is 18.1. The third-order valence-corrected chi connectivity index (χ3v) is 8.10. The van der Waals surface area contributed by atoms with Crippen LogP contribution in [0.15, 0.2) is 43.0 Å². The van der Waals surface area contributed by atoms with Crippen molar-refractivity contribution >= 4 is 45.2 Å². The second-order valence-electron chi connectivity index (χ2n) is 10.3. The minimum Gasteiger partial charge on any atom is -0.340 e. The van der Waals surface area contributed by atoms with Crippen LogP contribution in [-0.4, -0.2) is 90.5 Å². The second-order valence-corrected chi connectivity index (χ2v) is 10.3. The summed E-state index contributed by atoms with van der Waals surface area (Å²) in [6, 6.07) is 8.94. The number of carbonyl (C=O) groups excluding carboxylic acids is 1. The summed E-state index contributed by atoms with van der Waals surface area (Å²) in [6.45, 7) is 5.27. The maximum absolute atomic E-state index is 13.2. The minimum absolute atomic E-state index is 0.182. The first-order valence-electron chi connectivity index (χ1n) is 13.1. The van der Waals surface area contributed by atoms with Gasteiger partial charge in [0.1, 0.15) is 17.8 Å². The van der Waals surface area contributed by atoms with E-state index in [4.69, 9.17) is 0 Å². The highest BCUT2D eigenvalue weighted by atomic mass is 16.2. The molecular weight excluding hydrogens is 466 g/mol. The first-order valence-corrected chi connectivity index (χ1v) is 13.1. The lowest BCUT2D eigenvalue weighted by atomic mass is 10.0. The van der Waals surface area contributed by atoms with Crippen molar-refractivity contribution in [3.63, 3.8) is 0 Å². The molecular formula is C27H31N9O. The van der Waals surface area contributed by atoms with Crippen LogP contribution in [0, 0.1) is 0 Å². The molecule has 6 heterocycles. The van der Waals surface area contributed by atoms with Crippen LogP contribution in [0.4, 0.5) is 16.3 Å². The zero-order chi connectivity index (χ0) is 24.9. The van der Waals surface area contributed by atoms with Crippen molar-refractivity contribution in [2.45, 2.75) is 25.3 Å². The normalized spacial score (nSPS) is 20.5. The summed E-state index contributed by atoms with van der Waals surface area (Å²) in [5, 5.41) is 4.39. The summed E-state index contributed by atoms with van der Waals surface area (Å²) in [5.41, 5.74) is 6.01. The largest absolute Gasteiger partial charge is 0.340 e. The number of amides is 2. The number of benzene rings is 1. The molecule has 3 aliphatic rings. The Morgan fingerprint density at radius 2 is 2.03 bits per heavy atom. The van der Waals surface area contributed by atoms with Crippen molar-refractivity contribution in [1.82, 2.24) is 39.2 Å². The lowest BCUT2D eigenvalue weighted by Crippen LogP contribution is -2.55. The van der Waals surface area contributed by atoms with Gasteiger partial charge in [0.15, 0.2) is 0 Å². The molecule has 3 aliphatic heterocycles. The number of piperazine rings is 1. The molecule has 0 spiro atoms. The van der Waals surface area contributed by atoms with Crippen molar-refractivity contribution < 1.29 is 4.79 Å². The number of anilines is 2. The van der Waals surface area contributed by atoms with Crippen LogP contribution in [0.1, 0.15) is 25.0 Å². The van der Waals surface area contributed by atoms with Crippen LogP contribution in [0.5, 0.6) is 0 Å². The van der Waals surface area contributed by atoms with E-state index in [0.717, 1.165) is 71.9 Å². The Morgan fingerprint density at radius 1 is 1.08 bits per heavy atom. The summed E-state index contributed by atoms with van der Waals surface area (Å²) in [7, 11) is 1.99. The Labute approximate surface area is 215 Å². The molecule has 37 heavy (non-hydrogen) atoms. The zero-order valence-electron chi connectivity index (χ0n) is 21.0. The number of aryl methyl sites for hydroxylation is 1. The molecule has 2 N–H and O–H groups in total. The van der Waals surface area contributed by atoms with E-state index in [1.54, 1.807) is 6.33 Å². The third-order valence-electron chi connectivity index (χ3n) is 8.10. The molecule has 10 heteroatoms. The predicted octanol–water partition coefficient (Wildman–Crippen LogP) is 3.58. The summed E-state index contributed by atoms with van der Waals surface area (Å²) in [4.78, 5) is 36.6. The molecule has 7 rings (SSSR count). The number of nitrogens with zero attached hydrogens (tertiary/aromatic N) is 7. The number of hydrogen-bond donors (Lipinski definition) is 2. The molecule has 2 amide bonds. The average molecular weight is 498 g/mol. The number of hydrogen-bond acceptors (Lipinski definition) is 6. The number of aromatic amines is 1. The lowest BCUT2D eigenvalue weighted by Gasteiger charge is -2.40. The fourth-order valence-corrected chi connectivity index (χ4v) is 6.01. The molecule has 4 aromatic rings. The maximum atomic E-state index is 13.2. The molecule has 2 saturated heterocycles. The van der Waals surface area contributed by atoms with Gasteiger partial charge in [0.2, 0.25) is 0 Å². The van der Waals surface area contributed by atoms with Gasteiger partial charge in [-0.1, -0.05) is 6.08 Å². The van der Waals surface area contributed by atoms with Gasteiger partial charge in [0.25, 0.3) is 0 Å². The molecule has 0 bridgehead atoms.